The normalized spacial score (nSPS) is 16.9. The molecule has 2 heterocycles. The summed E-state index contributed by atoms with van der Waals surface area (Å²) in [6, 6.07) is 12.5. The maximum absolute atomic E-state index is 5.64. The van der Waals surface area contributed by atoms with E-state index in [9.17, 15) is 0 Å². The third kappa shape index (κ3) is 3.30. The van der Waals surface area contributed by atoms with Crippen LogP contribution >= 0.6 is 0 Å². The third-order valence-electron chi connectivity index (χ3n) is 4.78. The van der Waals surface area contributed by atoms with Gasteiger partial charge in [-0.25, -0.2) is 4.98 Å². The Morgan fingerprint density at radius 2 is 2.16 bits per heavy atom. The Balaban J connectivity index is 1.57. The summed E-state index contributed by atoms with van der Waals surface area (Å²) in [4.78, 5) is 9.36. The number of aryl methyl sites for hydroxylation is 1. The predicted octanol–water partition coefficient (Wildman–Crippen LogP) is 4.38. The van der Waals surface area contributed by atoms with E-state index in [4.69, 9.17) is 15.0 Å². The SMILES string of the molecule is CCOCn1c(C[N-]C2CCCc3cccnc32)nc2ccccc21. The van der Waals surface area contributed by atoms with Gasteiger partial charge >= 0.3 is 0 Å². The minimum atomic E-state index is 0.172. The van der Waals surface area contributed by atoms with Crippen LogP contribution in [0, 0.1) is 0 Å². The number of rotatable bonds is 6. The van der Waals surface area contributed by atoms with E-state index >= 15 is 0 Å². The van der Waals surface area contributed by atoms with E-state index in [2.05, 4.69) is 21.7 Å². The van der Waals surface area contributed by atoms with Gasteiger partial charge in [0, 0.05) is 18.5 Å². The average Bonchev–Trinajstić information content (AvgIpc) is 3.02. The van der Waals surface area contributed by atoms with E-state index in [1.165, 1.54) is 12.0 Å². The molecule has 5 heteroatoms. The molecule has 25 heavy (non-hydrogen) atoms. The molecule has 0 radical (unpaired) electrons. The maximum Gasteiger partial charge on any atom is 0.124 e. The molecule has 0 N–H and O–H groups in total. The van der Waals surface area contributed by atoms with Gasteiger partial charge in [0.25, 0.3) is 0 Å². The van der Waals surface area contributed by atoms with Crippen LogP contribution in [0.15, 0.2) is 42.6 Å². The van der Waals surface area contributed by atoms with Gasteiger partial charge in [0.1, 0.15) is 6.73 Å². The van der Waals surface area contributed by atoms with Crippen LogP contribution in [0.1, 0.15) is 42.9 Å². The molecule has 130 valence electrons. The van der Waals surface area contributed by atoms with Crippen molar-refractivity contribution in [1.29, 1.82) is 0 Å². The highest BCUT2D eigenvalue weighted by molar-refractivity contribution is 5.75. The van der Waals surface area contributed by atoms with Crippen LogP contribution in [-0.4, -0.2) is 21.1 Å². The second-order valence-corrected chi connectivity index (χ2v) is 6.36. The van der Waals surface area contributed by atoms with Gasteiger partial charge in [0.05, 0.1) is 16.9 Å². The molecule has 0 bridgehead atoms. The van der Waals surface area contributed by atoms with Gasteiger partial charge in [-0.1, -0.05) is 43.6 Å². The molecule has 0 aliphatic heterocycles. The van der Waals surface area contributed by atoms with Gasteiger partial charge in [0.15, 0.2) is 0 Å². The Kier molecular flexibility index (Phi) is 4.76. The van der Waals surface area contributed by atoms with Crippen molar-refractivity contribution in [2.24, 2.45) is 0 Å². The monoisotopic (exact) mass is 335 g/mol. The van der Waals surface area contributed by atoms with Gasteiger partial charge < -0.3 is 14.6 Å². The molecule has 0 spiro atoms. The number of hydrogen-bond donors (Lipinski definition) is 0. The largest absolute Gasteiger partial charge is 0.648 e. The molecule has 4 rings (SSSR count). The lowest BCUT2D eigenvalue weighted by Crippen LogP contribution is -2.13. The molecule has 0 saturated carbocycles. The standard InChI is InChI=1S/C20H23N4O/c1-2-25-14-24-18-11-4-3-9-16(18)23-19(24)13-22-17-10-5-7-15-8-6-12-21-20(15)17/h3-4,6,8-9,11-12,17H,2,5,7,10,13-14H2,1H3/q-1. The Morgan fingerprint density at radius 3 is 3.08 bits per heavy atom. The van der Waals surface area contributed by atoms with Crippen LogP contribution in [0.2, 0.25) is 0 Å². The van der Waals surface area contributed by atoms with Gasteiger partial charge in [-0.2, -0.15) is 0 Å². The topological polar surface area (TPSA) is 54.0 Å². The van der Waals surface area contributed by atoms with Crippen molar-refractivity contribution in [3.05, 3.63) is 65.0 Å². The molecule has 1 aliphatic rings. The van der Waals surface area contributed by atoms with E-state index < -0.39 is 0 Å². The first-order chi connectivity index (χ1) is 12.4. The zero-order chi connectivity index (χ0) is 17.1. The smallest absolute Gasteiger partial charge is 0.124 e. The Hall–Kier alpha value is -2.24. The van der Waals surface area contributed by atoms with Crippen LogP contribution in [0.25, 0.3) is 16.4 Å². The first-order valence-electron chi connectivity index (χ1n) is 8.99. The molecular formula is C20H23N4O-. The second-order valence-electron chi connectivity index (χ2n) is 6.36. The molecule has 0 fully saturated rings. The third-order valence-corrected chi connectivity index (χ3v) is 4.78. The van der Waals surface area contributed by atoms with E-state index in [1.807, 2.05) is 37.4 Å². The fourth-order valence-electron chi connectivity index (χ4n) is 3.53. The molecule has 0 amide bonds. The van der Waals surface area contributed by atoms with Crippen molar-refractivity contribution in [3.63, 3.8) is 0 Å². The lowest BCUT2D eigenvalue weighted by molar-refractivity contribution is 0.0887. The Labute approximate surface area is 148 Å². The number of hydrogen-bond acceptors (Lipinski definition) is 3. The molecule has 1 unspecified atom stereocenters. The Morgan fingerprint density at radius 1 is 1.24 bits per heavy atom. The van der Waals surface area contributed by atoms with Crippen molar-refractivity contribution in [2.75, 3.05) is 6.61 Å². The minimum absolute atomic E-state index is 0.172. The lowest BCUT2D eigenvalue weighted by atomic mass is 9.92. The summed E-state index contributed by atoms with van der Waals surface area (Å²) in [5.74, 6) is 0.956. The van der Waals surface area contributed by atoms with E-state index in [-0.39, 0.29) is 6.04 Å². The molecule has 1 atom stereocenters. The van der Waals surface area contributed by atoms with Gasteiger partial charge in [0.2, 0.25) is 0 Å². The summed E-state index contributed by atoms with van der Waals surface area (Å²) in [5, 5.41) is 4.96. The number of nitrogens with zero attached hydrogens (tertiary/aromatic N) is 4. The Bertz CT molecular complexity index is 858. The number of pyridine rings is 1. The maximum atomic E-state index is 5.64. The van der Waals surface area contributed by atoms with Crippen molar-refractivity contribution in [3.8, 4) is 0 Å². The summed E-state index contributed by atoms with van der Waals surface area (Å²) < 4.78 is 7.77. The quantitative estimate of drug-likeness (QED) is 0.672. The molecular weight excluding hydrogens is 312 g/mol. The minimum Gasteiger partial charge on any atom is -0.648 e. The number of aromatic nitrogens is 3. The average molecular weight is 335 g/mol. The van der Waals surface area contributed by atoms with E-state index in [0.717, 1.165) is 35.4 Å². The molecule has 1 aliphatic carbocycles. The van der Waals surface area contributed by atoms with E-state index in [0.29, 0.717) is 19.9 Å². The first-order valence-corrected chi connectivity index (χ1v) is 8.99. The highest BCUT2D eigenvalue weighted by atomic mass is 16.5. The van der Waals surface area contributed by atoms with Gasteiger partial charge in [-0.15, -0.1) is 0 Å². The number of ether oxygens (including phenoxy) is 1. The summed E-state index contributed by atoms with van der Waals surface area (Å²) in [6.07, 6.45) is 5.22. The first kappa shape index (κ1) is 16.2. The predicted molar refractivity (Wildman–Crippen MR) is 98.3 cm³/mol. The fraction of sp³-hybridized carbons (Fsp3) is 0.400. The second kappa shape index (κ2) is 7.33. The highest BCUT2D eigenvalue weighted by Gasteiger charge is 2.15. The van der Waals surface area contributed by atoms with E-state index in [1.54, 1.807) is 0 Å². The summed E-state index contributed by atoms with van der Waals surface area (Å²) in [5.41, 5.74) is 4.57. The molecule has 5 nitrogen and oxygen atoms in total. The lowest BCUT2D eigenvalue weighted by Gasteiger charge is -2.35. The number of imidazole rings is 1. The fourth-order valence-corrected chi connectivity index (χ4v) is 3.53. The molecule has 0 saturated heterocycles. The summed E-state index contributed by atoms with van der Waals surface area (Å²) in [7, 11) is 0. The van der Waals surface area contributed by atoms with Crippen LogP contribution in [0.4, 0.5) is 0 Å². The van der Waals surface area contributed by atoms with Crippen molar-refractivity contribution in [1.82, 2.24) is 14.5 Å². The number of para-hydroxylation sites is 2. The van der Waals surface area contributed by atoms with Crippen LogP contribution < -0.4 is 0 Å². The summed E-state index contributed by atoms with van der Waals surface area (Å²) in [6.45, 7) is 3.79. The highest BCUT2D eigenvalue weighted by Crippen LogP contribution is 2.34. The van der Waals surface area contributed by atoms with Gasteiger partial charge in [-0.05, 0) is 37.1 Å². The molecule has 2 aromatic heterocycles. The molecule has 3 aromatic rings. The molecule has 1 aromatic carbocycles. The van der Waals surface area contributed by atoms with Crippen molar-refractivity contribution >= 4 is 11.0 Å². The zero-order valence-corrected chi connectivity index (χ0v) is 14.6. The number of benzene rings is 1. The van der Waals surface area contributed by atoms with Crippen LogP contribution in [0.3, 0.4) is 0 Å². The summed E-state index contributed by atoms with van der Waals surface area (Å²) >= 11 is 0. The van der Waals surface area contributed by atoms with Gasteiger partial charge in [-0.3, -0.25) is 4.98 Å². The van der Waals surface area contributed by atoms with Crippen LogP contribution in [-0.2, 0) is 24.4 Å². The number of fused-ring (bicyclic) bond motifs is 2. The zero-order valence-electron chi connectivity index (χ0n) is 14.6. The van der Waals surface area contributed by atoms with Crippen molar-refractivity contribution in [2.45, 2.75) is 45.5 Å². The van der Waals surface area contributed by atoms with Crippen molar-refractivity contribution < 1.29 is 4.74 Å². The van der Waals surface area contributed by atoms with Crippen LogP contribution in [0.5, 0.6) is 0 Å².